The van der Waals surface area contributed by atoms with Gasteiger partial charge in [0.15, 0.2) is 0 Å². The molecule has 3 rings (SSSR count). The van der Waals surface area contributed by atoms with E-state index < -0.39 is 0 Å². The maximum Gasteiger partial charge on any atom is 0.147 e. The van der Waals surface area contributed by atoms with Gasteiger partial charge in [0.25, 0.3) is 0 Å². The van der Waals surface area contributed by atoms with Crippen molar-refractivity contribution < 1.29 is 5.11 Å². The number of benzene rings is 1. The third-order valence-electron chi connectivity index (χ3n) is 3.57. The van der Waals surface area contributed by atoms with Crippen LogP contribution in [0.15, 0.2) is 30.6 Å². The molecule has 1 aliphatic rings. The van der Waals surface area contributed by atoms with E-state index in [1.165, 1.54) is 0 Å². The number of aromatic nitrogens is 3. The first-order valence-corrected chi connectivity index (χ1v) is 6.14. The molecule has 0 saturated heterocycles. The predicted molar refractivity (Wildman–Crippen MR) is 67.0 cm³/mol. The molecular formula is C13H16N4O. The molecular weight excluding hydrogens is 228 g/mol. The van der Waals surface area contributed by atoms with E-state index in [1.54, 1.807) is 12.4 Å². The summed E-state index contributed by atoms with van der Waals surface area (Å²) >= 11 is 0. The smallest absolute Gasteiger partial charge is 0.147 e. The number of hydrogen-bond acceptors (Lipinski definition) is 4. The number of rotatable bonds is 2. The zero-order valence-electron chi connectivity index (χ0n) is 10.3. The molecule has 5 heteroatoms. The third-order valence-corrected chi connectivity index (χ3v) is 3.57. The Balaban J connectivity index is 1.80. The van der Waals surface area contributed by atoms with Gasteiger partial charge in [0.1, 0.15) is 17.9 Å². The van der Waals surface area contributed by atoms with E-state index >= 15 is 0 Å². The summed E-state index contributed by atoms with van der Waals surface area (Å²) in [6.45, 7) is 4.85. The van der Waals surface area contributed by atoms with Crippen molar-refractivity contribution in [2.24, 2.45) is 0 Å². The van der Waals surface area contributed by atoms with Crippen molar-refractivity contribution in [2.45, 2.75) is 26.1 Å². The van der Waals surface area contributed by atoms with Crippen molar-refractivity contribution in [2.75, 3.05) is 6.54 Å². The molecule has 0 radical (unpaired) electrons. The molecule has 94 valence electrons. The summed E-state index contributed by atoms with van der Waals surface area (Å²) in [5.74, 6) is 1.33. The highest BCUT2D eigenvalue weighted by atomic mass is 16.3. The summed E-state index contributed by atoms with van der Waals surface area (Å²) in [5.41, 5.74) is 1.13. The van der Waals surface area contributed by atoms with Crippen molar-refractivity contribution in [3.8, 4) is 5.75 Å². The summed E-state index contributed by atoms with van der Waals surface area (Å²) in [6.07, 6.45) is 1.78. The van der Waals surface area contributed by atoms with Crippen LogP contribution in [0.3, 0.4) is 0 Å². The first-order chi connectivity index (χ1) is 8.74. The minimum Gasteiger partial charge on any atom is -0.508 e. The lowest BCUT2D eigenvalue weighted by Gasteiger charge is -2.32. The highest BCUT2D eigenvalue weighted by Crippen LogP contribution is 2.26. The van der Waals surface area contributed by atoms with Gasteiger partial charge in [-0.2, -0.15) is 0 Å². The quantitative estimate of drug-likeness (QED) is 0.871. The van der Waals surface area contributed by atoms with Gasteiger partial charge in [-0.05, 0) is 24.6 Å². The molecule has 1 atom stereocenters. The Morgan fingerprint density at radius 1 is 1.33 bits per heavy atom. The highest BCUT2D eigenvalue weighted by Gasteiger charge is 2.22. The monoisotopic (exact) mass is 244 g/mol. The van der Waals surface area contributed by atoms with E-state index in [4.69, 9.17) is 0 Å². The molecule has 2 aromatic rings. The molecule has 1 aromatic heterocycles. The first kappa shape index (κ1) is 11.2. The Bertz CT molecular complexity index is 551. The standard InChI is InChI=1S/C13H16N4O/c1-10(11-3-2-4-12(18)7-11)16-5-6-17-9-14-15-13(17)8-16/h2-4,7,9-10,18H,5-6,8H2,1H3. The Morgan fingerprint density at radius 3 is 3.06 bits per heavy atom. The lowest BCUT2D eigenvalue weighted by molar-refractivity contribution is 0.163. The van der Waals surface area contributed by atoms with Crippen molar-refractivity contribution in [3.05, 3.63) is 42.0 Å². The van der Waals surface area contributed by atoms with E-state index in [0.717, 1.165) is 31.0 Å². The van der Waals surface area contributed by atoms with Gasteiger partial charge >= 0.3 is 0 Å². The fourth-order valence-corrected chi connectivity index (χ4v) is 2.41. The molecule has 0 fully saturated rings. The molecule has 0 bridgehead atoms. The summed E-state index contributed by atoms with van der Waals surface area (Å²) < 4.78 is 2.09. The van der Waals surface area contributed by atoms with Gasteiger partial charge in [-0.15, -0.1) is 10.2 Å². The first-order valence-electron chi connectivity index (χ1n) is 6.14. The minimum absolute atomic E-state index is 0.266. The fourth-order valence-electron chi connectivity index (χ4n) is 2.41. The molecule has 0 amide bonds. The molecule has 0 aliphatic carbocycles. The average molecular weight is 244 g/mol. The van der Waals surface area contributed by atoms with Crippen LogP contribution in [0, 0.1) is 0 Å². The average Bonchev–Trinajstić information content (AvgIpc) is 2.85. The summed E-state index contributed by atoms with van der Waals surface area (Å²) in [7, 11) is 0. The van der Waals surface area contributed by atoms with Crippen LogP contribution in [-0.4, -0.2) is 31.3 Å². The molecule has 1 aromatic carbocycles. The van der Waals surface area contributed by atoms with Crippen LogP contribution >= 0.6 is 0 Å². The third kappa shape index (κ3) is 1.97. The fraction of sp³-hybridized carbons (Fsp3) is 0.385. The van der Waals surface area contributed by atoms with Crippen molar-refractivity contribution in [3.63, 3.8) is 0 Å². The molecule has 0 spiro atoms. The van der Waals surface area contributed by atoms with E-state index in [1.807, 2.05) is 18.2 Å². The lowest BCUT2D eigenvalue weighted by Crippen LogP contribution is -2.35. The van der Waals surface area contributed by atoms with Gasteiger partial charge in [0.2, 0.25) is 0 Å². The summed E-state index contributed by atoms with van der Waals surface area (Å²) in [5, 5.41) is 17.6. The molecule has 1 unspecified atom stereocenters. The van der Waals surface area contributed by atoms with E-state index in [0.29, 0.717) is 5.75 Å². The summed E-state index contributed by atoms with van der Waals surface area (Å²) in [6, 6.07) is 7.72. The van der Waals surface area contributed by atoms with E-state index in [2.05, 4.69) is 26.6 Å². The maximum absolute atomic E-state index is 9.54. The Hall–Kier alpha value is -1.88. The SMILES string of the molecule is CC(c1cccc(O)c1)N1CCn2cnnc2C1. The van der Waals surface area contributed by atoms with Gasteiger partial charge in [-0.1, -0.05) is 12.1 Å². The number of aromatic hydroxyl groups is 1. The van der Waals surface area contributed by atoms with Crippen LogP contribution in [0.2, 0.25) is 0 Å². The largest absolute Gasteiger partial charge is 0.508 e. The summed E-state index contributed by atoms with van der Waals surface area (Å²) in [4.78, 5) is 2.35. The number of nitrogens with zero attached hydrogens (tertiary/aromatic N) is 4. The van der Waals surface area contributed by atoms with Crippen LogP contribution in [-0.2, 0) is 13.1 Å². The number of hydrogen-bond donors (Lipinski definition) is 1. The number of phenols is 1. The topological polar surface area (TPSA) is 54.2 Å². The van der Waals surface area contributed by atoms with Crippen molar-refractivity contribution in [1.29, 1.82) is 0 Å². The lowest BCUT2D eigenvalue weighted by atomic mass is 10.1. The molecule has 5 nitrogen and oxygen atoms in total. The molecule has 18 heavy (non-hydrogen) atoms. The number of phenolic OH excluding ortho intramolecular Hbond substituents is 1. The van der Waals surface area contributed by atoms with E-state index in [-0.39, 0.29) is 6.04 Å². The van der Waals surface area contributed by atoms with Gasteiger partial charge in [-0.25, -0.2) is 0 Å². The van der Waals surface area contributed by atoms with Crippen molar-refractivity contribution >= 4 is 0 Å². The van der Waals surface area contributed by atoms with Gasteiger partial charge in [0.05, 0.1) is 6.54 Å². The van der Waals surface area contributed by atoms with Crippen LogP contribution in [0.25, 0.3) is 0 Å². The van der Waals surface area contributed by atoms with Crippen molar-refractivity contribution in [1.82, 2.24) is 19.7 Å². The Morgan fingerprint density at radius 2 is 2.22 bits per heavy atom. The Kier molecular flexibility index (Phi) is 2.76. The van der Waals surface area contributed by atoms with Gasteiger partial charge in [0, 0.05) is 19.1 Å². The second kappa shape index (κ2) is 4.42. The normalized spacial score (nSPS) is 17.4. The zero-order valence-corrected chi connectivity index (χ0v) is 10.3. The molecule has 1 aliphatic heterocycles. The second-order valence-electron chi connectivity index (χ2n) is 4.68. The second-order valence-corrected chi connectivity index (χ2v) is 4.68. The highest BCUT2D eigenvalue weighted by molar-refractivity contribution is 5.29. The molecule has 2 heterocycles. The van der Waals surface area contributed by atoms with Gasteiger partial charge < -0.3 is 9.67 Å². The van der Waals surface area contributed by atoms with Crippen LogP contribution < -0.4 is 0 Å². The number of fused-ring (bicyclic) bond motifs is 1. The Labute approximate surface area is 106 Å². The predicted octanol–water partition coefficient (Wildman–Crippen LogP) is 1.56. The van der Waals surface area contributed by atoms with Crippen LogP contribution in [0.1, 0.15) is 24.4 Å². The molecule has 0 saturated carbocycles. The zero-order chi connectivity index (χ0) is 12.5. The van der Waals surface area contributed by atoms with Crippen LogP contribution in [0.4, 0.5) is 0 Å². The minimum atomic E-state index is 0.266. The van der Waals surface area contributed by atoms with Crippen LogP contribution in [0.5, 0.6) is 5.75 Å². The van der Waals surface area contributed by atoms with Gasteiger partial charge in [-0.3, -0.25) is 4.90 Å². The van der Waals surface area contributed by atoms with E-state index in [9.17, 15) is 5.11 Å². The maximum atomic E-state index is 9.54. The molecule has 1 N–H and O–H groups in total.